The van der Waals surface area contributed by atoms with Gasteiger partial charge >= 0.3 is 206 Å². The van der Waals surface area contributed by atoms with Gasteiger partial charge in [-0.2, -0.15) is 0 Å². The molecule has 0 heterocycles. The van der Waals surface area contributed by atoms with Crippen molar-refractivity contribution in [3.63, 3.8) is 0 Å². The van der Waals surface area contributed by atoms with Crippen LogP contribution in [0.2, 0.25) is 0 Å². The maximum atomic E-state index is 7.65. The van der Waals surface area contributed by atoms with Crippen molar-refractivity contribution in [2.75, 3.05) is 0 Å². The van der Waals surface area contributed by atoms with E-state index in [0.29, 0.717) is 0 Å². The van der Waals surface area contributed by atoms with Gasteiger partial charge in [-0.05, 0) is 0 Å². The minimum absolute atomic E-state index is 0.0633. The molecule has 0 bridgehead atoms. The number of aryl methyl sites for hydroxylation is 1. The van der Waals surface area contributed by atoms with Crippen LogP contribution in [0.5, 0.6) is 0 Å². The van der Waals surface area contributed by atoms with Crippen molar-refractivity contribution in [1.82, 2.24) is 0 Å². The second-order valence-electron chi connectivity index (χ2n) is 13.9. The Kier molecular flexibility index (Phi) is 7.54. The number of benzene rings is 2. The molecule has 32 heavy (non-hydrogen) atoms. The molecular formula is C29H49ClP2. The van der Waals surface area contributed by atoms with E-state index in [-0.39, 0.29) is 20.6 Å². The molecule has 0 amide bonds. The maximum absolute atomic E-state index is 7.65. The molecule has 0 radical (unpaired) electrons. The molecule has 0 fully saturated rings. The Labute approximate surface area is 205 Å². The average molecular weight is 495 g/mol. The van der Waals surface area contributed by atoms with Gasteiger partial charge in [0, 0.05) is 0 Å². The summed E-state index contributed by atoms with van der Waals surface area (Å²) in [7, 11) is -2.18. The van der Waals surface area contributed by atoms with Crippen molar-refractivity contribution in [2.45, 2.75) is 111 Å². The van der Waals surface area contributed by atoms with Crippen LogP contribution < -0.4 is 15.9 Å². The van der Waals surface area contributed by atoms with Gasteiger partial charge in [0.1, 0.15) is 0 Å². The molecule has 0 saturated heterocycles. The van der Waals surface area contributed by atoms with Crippen LogP contribution in [0.3, 0.4) is 0 Å². The van der Waals surface area contributed by atoms with Crippen LogP contribution >= 0.6 is 25.1 Å². The third kappa shape index (κ3) is 4.47. The summed E-state index contributed by atoms with van der Waals surface area (Å²) in [6.07, 6.45) is 0. The molecule has 0 aliphatic heterocycles. The third-order valence-corrected chi connectivity index (χ3v) is 23.7. The molecule has 3 heteroatoms. The van der Waals surface area contributed by atoms with Crippen molar-refractivity contribution < 1.29 is 0 Å². The van der Waals surface area contributed by atoms with Crippen LogP contribution in [-0.2, 0) is 0 Å². The number of hydrogen-bond acceptors (Lipinski definition) is 0. The van der Waals surface area contributed by atoms with Gasteiger partial charge in [0.05, 0.1) is 0 Å². The van der Waals surface area contributed by atoms with Crippen molar-refractivity contribution in [1.29, 1.82) is 0 Å². The quantitative estimate of drug-likeness (QED) is 0.375. The summed E-state index contributed by atoms with van der Waals surface area (Å²) < 4.78 is 0. The Morgan fingerprint density at radius 2 is 0.750 bits per heavy atom. The molecule has 0 spiro atoms. The molecule has 0 unspecified atom stereocenters. The van der Waals surface area contributed by atoms with Crippen LogP contribution in [0.25, 0.3) is 0 Å². The van der Waals surface area contributed by atoms with Crippen molar-refractivity contribution in [3.8, 4) is 0 Å². The van der Waals surface area contributed by atoms with E-state index in [1.54, 1.807) is 0 Å². The third-order valence-electron chi connectivity index (χ3n) is 7.52. The first-order valence-corrected chi connectivity index (χ1v) is 17.1. The minimum atomic E-state index is -2.30. The topological polar surface area (TPSA) is 0 Å². The van der Waals surface area contributed by atoms with Gasteiger partial charge in [-0.25, -0.2) is 0 Å². The molecule has 0 nitrogen and oxygen atoms in total. The first kappa shape index (κ1) is 27.8. The second-order valence-corrected chi connectivity index (χ2v) is 26.1. The Morgan fingerprint density at radius 3 is 1.03 bits per heavy atom. The van der Waals surface area contributed by atoms with Gasteiger partial charge in [-0.3, -0.25) is 0 Å². The van der Waals surface area contributed by atoms with Crippen LogP contribution in [-0.4, -0.2) is 20.6 Å². The summed E-state index contributed by atoms with van der Waals surface area (Å²) >= 11 is 7.65. The molecule has 0 atom stereocenters. The molecule has 2 aromatic carbocycles. The Morgan fingerprint density at radius 1 is 0.469 bits per heavy atom. The van der Waals surface area contributed by atoms with Gasteiger partial charge in [0.25, 0.3) is 0 Å². The van der Waals surface area contributed by atoms with Crippen molar-refractivity contribution in [2.24, 2.45) is 0 Å². The van der Waals surface area contributed by atoms with Gasteiger partial charge < -0.3 is 0 Å². The molecule has 0 aliphatic carbocycles. The van der Waals surface area contributed by atoms with E-state index in [0.717, 1.165) is 0 Å². The monoisotopic (exact) mass is 494 g/mol. The van der Waals surface area contributed by atoms with E-state index in [4.69, 9.17) is 11.2 Å². The van der Waals surface area contributed by atoms with Gasteiger partial charge in [-0.15, -0.1) is 0 Å². The van der Waals surface area contributed by atoms with E-state index in [1.807, 2.05) is 0 Å². The molecule has 0 saturated carbocycles. The first-order valence-electron chi connectivity index (χ1n) is 12.1. The Bertz CT molecular complexity index is 884. The van der Waals surface area contributed by atoms with Crippen LogP contribution in [0.15, 0.2) is 48.5 Å². The zero-order chi connectivity index (χ0) is 25.0. The van der Waals surface area contributed by atoms with Crippen molar-refractivity contribution >= 4 is 41.0 Å². The first-order chi connectivity index (χ1) is 14.2. The van der Waals surface area contributed by atoms with Gasteiger partial charge in [0.2, 0.25) is 0 Å². The molecule has 0 N–H and O–H groups in total. The second kappa shape index (κ2) is 8.67. The summed E-state index contributed by atoms with van der Waals surface area (Å²) in [5.41, 5.74) is 1.32. The molecule has 182 valence electrons. The van der Waals surface area contributed by atoms with E-state index < -0.39 is 13.9 Å². The molecule has 0 aromatic heterocycles. The molecular weight excluding hydrogens is 446 g/mol. The summed E-state index contributed by atoms with van der Waals surface area (Å²) in [6, 6.07) is 19.0. The SMILES string of the molecule is Cc1ccc([PH](c2ccc([PH](Cl)(C(C)(C)C)C(C)(C)C)cc2)(C(C)(C)C)C(C)(C)C)cc1. The average Bonchev–Trinajstić information content (AvgIpc) is 2.59. The Balaban J connectivity index is 2.85. The van der Waals surface area contributed by atoms with Crippen LogP contribution in [0.4, 0.5) is 0 Å². The number of halogens is 1. The van der Waals surface area contributed by atoms with Crippen LogP contribution in [0, 0.1) is 6.92 Å². The predicted octanol–water partition coefficient (Wildman–Crippen LogP) is 8.42. The van der Waals surface area contributed by atoms with Gasteiger partial charge in [-0.1, -0.05) is 0 Å². The molecule has 0 aliphatic rings. The van der Waals surface area contributed by atoms with E-state index >= 15 is 0 Å². The number of rotatable bonds is 3. The summed E-state index contributed by atoms with van der Waals surface area (Å²) in [6.45, 7) is 28.5. The summed E-state index contributed by atoms with van der Waals surface area (Å²) in [5, 5.41) is 4.84. The fourth-order valence-corrected chi connectivity index (χ4v) is 19.1. The van der Waals surface area contributed by atoms with Gasteiger partial charge in [0.15, 0.2) is 0 Å². The van der Waals surface area contributed by atoms with Crippen LogP contribution in [0.1, 0.15) is 88.6 Å². The van der Waals surface area contributed by atoms with E-state index in [1.165, 1.54) is 21.5 Å². The van der Waals surface area contributed by atoms with E-state index in [9.17, 15) is 0 Å². The normalized spacial score (nSPS) is 15.6. The standard InChI is InChI=1S/C29H49ClP2/c1-22-14-16-23(17-15-22)31(26(2,3)4,27(5,6)7)24-18-20-25(21-19-24)32(30,28(8,9)10)29(11,12)13/h14-21,31-32H,1-13H3. The van der Waals surface area contributed by atoms with Crippen molar-refractivity contribution in [3.05, 3.63) is 54.1 Å². The fraction of sp³-hybridized carbons (Fsp3) is 0.586. The fourth-order valence-electron chi connectivity index (χ4n) is 6.77. The zero-order valence-electron chi connectivity index (χ0n) is 23.0. The summed E-state index contributed by atoms with van der Waals surface area (Å²) in [5.74, 6) is 0. The summed E-state index contributed by atoms with van der Waals surface area (Å²) in [4.78, 5) is 0. The predicted molar refractivity (Wildman–Crippen MR) is 158 cm³/mol. The Hall–Kier alpha value is -0.410. The number of hydrogen-bond donors (Lipinski definition) is 0. The molecule has 2 aromatic rings. The zero-order valence-corrected chi connectivity index (χ0v) is 25.8. The molecule has 2 rings (SSSR count). The van der Waals surface area contributed by atoms with E-state index in [2.05, 4.69) is 139 Å².